The van der Waals surface area contributed by atoms with E-state index in [1.54, 1.807) is 18.5 Å². The molecule has 0 aliphatic rings. The molecule has 0 bridgehead atoms. The molecule has 1 aromatic carbocycles. The molecule has 3 aromatic rings. The number of hydrogen-bond donors (Lipinski definition) is 3. The van der Waals surface area contributed by atoms with Gasteiger partial charge in [-0.25, -0.2) is 0 Å². The van der Waals surface area contributed by atoms with Crippen LogP contribution in [-0.4, -0.2) is 34.2 Å². The van der Waals surface area contributed by atoms with Crippen LogP contribution in [-0.2, 0) is 11.2 Å². The normalized spacial score (nSPS) is 10.3. The summed E-state index contributed by atoms with van der Waals surface area (Å²) in [6, 6.07) is 14.7. The lowest BCUT2D eigenvalue weighted by Crippen LogP contribution is -2.30. The van der Waals surface area contributed by atoms with Gasteiger partial charge in [0.25, 0.3) is 0 Å². The summed E-state index contributed by atoms with van der Waals surface area (Å²) in [5.74, 6) is 1.20. The van der Waals surface area contributed by atoms with Gasteiger partial charge in [-0.3, -0.25) is 9.78 Å². The number of anilines is 3. The summed E-state index contributed by atoms with van der Waals surface area (Å²) in [5, 5.41) is 17.9. The number of pyridine rings is 1. The minimum absolute atomic E-state index is 0.0760. The van der Waals surface area contributed by atoms with Crippen LogP contribution in [0.5, 0.6) is 0 Å². The van der Waals surface area contributed by atoms with Gasteiger partial charge in [0.15, 0.2) is 5.82 Å². The lowest BCUT2D eigenvalue weighted by Gasteiger charge is -2.09. The lowest BCUT2D eigenvalue weighted by molar-refractivity contribution is -0.120. The van der Waals surface area contributed by atoms with Gasteiger partial charge in [-0.2, -0.15) is 0 Å². The number of aromatic nitrogens is 3. The van der Waals surface area contributed by atoms with E-state index in [4.69, 9.17) is 11.6 Å². The molecule has 0 saturated carbocycles. The second-order valence-corrected chi connectivity index (χ2v) is 6.12. The van der Waals surface area contributed by atoms with Crippen molar-refractivity contribution in [3.8, 4) is 0 Å². The average molecular weight is 383 g/mol. The number of carbonyl (C=O) groups excluding carboxylic acids is 1. The summed E-state index contributed by atoms with van der Waals surface area (Å²) in [6.45, 7) is 1.02. The minimum atomic E-state index is -0.0760. The number of benzene rings is 1. The van der Waals surface area contributed by atoms with E-state index in [-0.39, 0.29) is 12.3 Å². The molecule has 3 N–H and O–H groups in total. The van der Waals surface area contributed by atoms with Crippen molar-refractivity contribution in [2.24, 2.45) is 0 Å². The van der Waals surface area contributed by atoms with Gasteiger partial charge in [0.05, 0.1) is 6.42 Å². The maximum Gasteiger partial charge on any atom is 0.224 e. The first-order valence-corrected chi connectivity index (χ1v) is 8.83. The van der Waals surface area contributed by atoms with Crippen molar-refractivity contribution < 1.29 is 4.79 Å². The minimum Gasteiger partial charge on any atom is -0.367 e. The molecule has 0 fully saturated rings. The van der Waals surface area contributed by atoms with Crippen molar-refractivity contribution in [3.05, 3.63) is 71.5 Å². The smallest absolute Gasteiger partial charge is 0.224 e. The highest BCUT2D eigenvalue weighted by Gasteiger charge is 2.06. The molecule has 3 rings (SSSR count). The van der Waals surface area contributed by atoms with Gasteiger partial charge >= 0.3 is 0 Å². The summed E-state index contributed by atoms with van der Waals surface area (Å²) in [5.41, 5.74) is 1.70. The first-order chi connectivity index (χ1) is 13.2. The molecule has 7 nitrogen and oxygen atoms in total. The maximum atomic E-state index is 12.0. The van der Waals surface area contributed by atoms with E-state index in [9.17, 15) is 4.79 Å². The van der Waals surface area contributed by atoms with Gasteiger partial charge in [0, 0.05) is 36.2 Å². The molecule has 0 aliphatic heterocycles. The van der Waals surface area contributed by atoms with E-state index in [0.717, 1.165) is 11.3 Å². The highest BCUT2D eigenvalue weighted by molar-refractivity contribution is 6.31. The van der Waals surface area contributed by atoms with Gasteiger partial charge in [0.2, 0.25) is 5.91 Å². The predicted octanol–water partition coefficient (Wildman–Crippen LogP) is 3.04. The van der Waals surface area contributed by atoms with Gasteiger partial charge in [-0.15, -0.1) is 10.2 Å². The van der Waals surface area contributed by atoms with Crippen LogP contribution in [0.1, 0.15) is 5.56 Å². The van der Waals surface area contributed by atoms with Gasteiger partial charge in [-0.05, 0) is 35.9 Å². The van der Waals surface area contributed by atoms with Crippen molar-refractivity contribution in [2.45, 2.75) is 6.42 Å². The number of hydrogen-bond acceptors (Lipinski definition) is 6. The third-order valence-corrected chi connectivity index (χ3v) is 4.05. The lowest BCUT2D eigenvalue weighted by atomic mass is 10.1. The maximum absolute atomic E-state index is 12.0. The van der Waals surface area contributed by atoms with Gasteiger partial charge in [0.1, 0.15) is 5.82 Å². The molecule has 27 heavy (non-hydrogen) atoms. The van der Waals surface area contributed by atoms with Crippen LogP contribution in [0.25, 0.3) is 0 Å². The highest BCUT2D eigenvalue weighted by Crippen LogP contribution is 2.15. The zero-order valence-electron chi connectivity index (χ0n) is 14.5. The van der Waals surface area contributed by atoms with Crippen molar-refractivity contribution >= 4 is 34.8 Å². The molecule has 0 atom stereocenters. The van der Waals surface area contributed by atoms with Crippen molar-refractivity contribution in [3.63, 3.8) is 0 Å². The van der Waals surface area contributed by atoms with E-state index in [1.807, 2.05) is 42.5 Å². The fourth-order valence-electron chi connectivity index (χ4n) is 2.35. The zero-order chi connectivity index (χ0) is 18.9. The topological polar surface area (TPSA) is 91.8 Å². The number of halogens is 1. The van der Waals surface area contributed by atoms with Crippen LogP contribution in [0.3, 0.4) is 0 Å². The summed E-state index contributed by atoms with van der Waals surface area (Å²) >= 11 is 6.06. The second-order valence-electron chi connectivity index (χ2n) is 5.71. The molecule has 0 aliphatic carbocycles. The van der Waals surface area contributed by atoms with Crippen LogP contribution >= 0.6 is 11.6 Å². The third kappa shape index (κ3) is 5.93. The molecule has 1 amide bonds. The first kappa shape index (κ1) is 18.6. The average Bonchev–Trinajstić information content (AvgIpc) is 2.69. The monoisotopic (exact) mass is 382 g/mol. The van der Waals surface area contributed by atoms with E-state index < -0.39 is 0 Å². The molecule has 0 saturated heterocycles. The Labute approximate surface area is 162 Å². The van der Waals surface area contributed by atoms with E-state index in [1.165, 1.54) is 0 Å². The van der Waals surface area contributed by atoms with Crippen LogP contribution < -0.4 is 16.0 Å². The summed E-state index contributed by atoms with van der Waals surface area (Å²) in [6.07, 6.45) is 3.66. The molecule has 2 aromatic heterocycles. The Bertz CT molecular complexity index is 873. The van der Waals surface area contributed by atoms with Crippen molar-refractivity contribution in [2.75, 3.05) is 23.7 Å². The number of amides is 1. The van der Waals surface area contributed by atoms with Crippen molar-refractivity contribution in [1.82, 2.24) is 20.5 Å². The predicted molar refractivity (Wildman–Crippen MR) is 106 cm³/mol. The molecule has 138 valence electrons. The Morgan fingerprint density at radius 3 is 2.41 bits per heavy atom. The van der Waals surface area contributed by atoms with Gasteiger partial charge < -0.3 is 16.0 Å². The van der Waals surface area contributed by atoms with Gasteiger partial charge in [-0.1, -0.05) is 29.8 Å². The van der Waals surface area contributed by atoms with Crippen LogP contribution in [0.2, 0.25) is 5.02 Å². The summed E-state index contributed by atoms with van der Waals surface area (Å²) in [4.78, 5) is 15.9. The quantitative estimate of drug-likeness (QED) is 0.519. The molecular formula is C19H19ClN6O. The standard InChI is InChI=1S/C19H19ClN6O/c20-16-4-2-1-3-14(16)13-19(27)23-12-11-22-17-5-6-18(26-25-17)24-15-7-9-21-10-8-15/h1-10H,11-13H2,(H,22,25)(H,23,27)(H,21,24,26). The molecular weight excluding hydrogens is 364 g/mol. The Hall–Kier alpha value is -3.19. The van der Waals surface area contributed by atoms with Crippen LogP contribution in [0, 0.1) is 0 Å². The number of nitrogens with zero attached hydrogens (tertiary/aromatic N) is 3. The second kappa shape index (κ2) is 9.49. The van der Waals surface area contributed by atoms with E-state index in [0.29, 0.717) is 29.7 Å². The Morgan fingerprint density at radius 1 is 0.926 bits per heavy atom. The third-order valence-electron chi connectivity index (χ3n) is 3.68. The molecule has 0 spiro atoms. The highest BCUT2D eigenvalue weighted by atomic mass is 35.5. The fourth-order valence-corrected chi connectivity index (χ4v) is 2.55. The summed E-state index contributed by atoms with van der Waals surface area (Å²) in [7, 11) is 0. The summed E-state index contributed by atoms with van der Waals surface area (Å²) < 4.78 is 0. The first-order valence-electron chi connectivity index (χ1n) is 8.45. The molecule has 0 radical (unpaired) electrons. The van der Waals surface area contributed by atoms with Crippen LogP contribution in [0.15, 0.2) is 60.9 Å². The number of nitrogens with one attached hydrogen (secondary N) is 3. The fraction of sp³-hybridized carbons (Fsp3) is 0.158. The zero-order valence-corrected chi connectivity index (χ0v) is 15.3. The number of rotatable bonds is 8. The number of carbonyl (C=O) groups is 1. The molecule has 2 heterocycles. The largest absolute Gasteiger partial charge is 0.367 e. The molecule has 0 unspecified atom stereocenters. The van der Waals surface area contributed by atoms with E-state index in [2.05, 4.69) is 31.1 Å². The SMILES string of the molecule is O=C(Cc1ccccc1Cl)NCCNc1ccc(Nc2ccncc2)nn1. The van der Waals surface area contributed by atoms with Crippen LogP contribution in [0.4, 0.5) is 17.3 Å². The Morgan fingerprint density at radius 2 is 1.67 bits per heavy atom. The van der Waals surface area contributed by atoms with E-state index >= 15 is 0 Å². The Kier molecular flexibility index (Phi) is 6.54. The Balaban J connectivity index is 1.39. The van der Waals surface area contributed by atoms with Crippen molar-refractivity contribution in [1.29, 1.82) is 0 Å². The molecule has 8 heteroatoms.